The molecule has 1 heterocycles. The van der Waals surface area contributed by atoms with Gasteiger partial charge < -0.3 is 4.85 Å². The summed E-state index contributed by atoms with van der Waals surface area (Å²) in [6, 6.07) is 8.29. The Balaban J connectivity index is 2.44. The van der Waals surface area contributed by atoms with Crippen molar-refractivity contribution in [2.24, 2.45) is 0 Å². The predicted molar refractivity (Wildman–Crippen MR) is 61.7 cm³/mol. The summed E-state index contributed by atoms with van der Waals surface area (Å²) in [6.45, 7) is 9.36. The van der Waals surface area contributed by atoms with Gasteiger partial charge in [0.1, 0.15) is 0 Å². The van der Waals surface area contributed by atoms with Crippen LogP contribution in [0.15, 0.2) is 30.5 Å². The van der Waals surface area contributed by atoms with E-state index in [1.54, 1.807) is 0 Å². The van der Waals surface area contributed by atoms with E-state index in [-0.39, 0.29) is 0 Å². The Labute approximate surface area is 89.4 Å². The Morgan fingerprint density at radius 3 is 3.07 bits per heavy atom. The molecule has 0 saturated carbocycles. The SMILES string of the molecule is [C-]#[N+]CCc1cnc2c(C)cccc2c1. The van der Waals surface area contributed by atoms with Crippen molar-refractivity contribution in [3.8, 4) is 0 Å². The molecule has 0 aliphatic heterocycles. The van der Waals surface area contributed by atoms with Crippen LogP contribution < -0.4 is 0 Å². The van der Waals surface area contributed by atoms with Crippen molar-refractivity contribution in [1.82, 2.24) is 4.98 Å². The average Bonchev–Trinajstić information content (AvgIpc) is 2.26. The van der Waals surface area contributed by atoms with Crippen LogP contribution in [0, 0.1) is 13.5 Å². The summed E-state index contributed by atoms with van der Waals surface area (Å²) in [5, 5.41) is 1.16. The molecule has 2 aromatic rings. The van der Waals surface area contributed by atoms with Crippen molar-refractivity contribution < 1.29 is 0 Å². The molecule has 0 saturated heterocycles. The third-order valence-corrected chi connectivity index (χ3v) is 2.48. The standard InChI is InChI=1S/C13H12N2/c1-10-4-3-5-12-8-11(6-7-14-2)9-15-13(10)12/h3-5,8-9H,6-7H2,1H3. The smallest absolute Gasteiger partial charge is 0.218 e. The first kappa shape index (κ1) is 9.67. The quantitative estimate of drug-likeness (QED) is 0.675. The van der Waals surface area contributed by atoms with E-state index in [2.05, 4.69) is 35.0 Å². The van der Waals surface area contributed by atoms with Gasteiger partial charge in [-0.05, 0) is 24.1 Å². The van der Waals surface area contributed by atoms with Gasteiger partial charge in [0.05, 0.1) is 5.52 Å². The number of aryl methyl sites for hydroxylation is 1. The molecule has 0 fully saturated rings. The predicted octanol–water partition coefficient (Wildman–Crippen LogP) is 3.01. The summed E-state index contributed by atoms with van der Waals surface area (Å²) >= 11 is 0. The van der Waals surface area contributed by atoms with Crippen molar-refractivity contribution >= 4 is 10.9 Å². The zero-order chi connectivity index (χ0) is 10.7. The maximum Gasteiger partial charge on any atom is 0.218 e. The van der Waals surface area contributed by atoms with E-state index in [9.17, 15) is 0 Å². The molecule has 1 aromatic heterocycles. The normalized spacial score (nSPS) is 10.1. The molecule has 2 nitrogen and oxygen atoms in total. The lowest BCUT2D eigenvalue weighted by molar-refractivity contribution is 1.06. The number of nitrogens with zero attached hydrogens (tertiary/aromatic N) is 2. The largest absolute Gasteiger partial charge is 0.317 e. The molecule has 0 spiro atoms. The van der Waals surface area contributed by atoms with Gasteiger partial charge >= 0.3 is 0 Å². The van der Waals surface area contributed by atoms with Crippen LogP contribution in [-0.4, -0.2) is 11.5 Å². The van der Waals surface area contributed by atoms with Gasteiger partial charge in [0, 0.05) is 18.0 Å². The molecule has 0 aliphatic rings. The second kappa shape index (κ2) is 4.10. The molecule has 0 atom stereocenters. The first-order chi connectivity index (χ1) is 7.31. The zero-order valence-corrected chi connectivity index (χ0v) is 8.70. The number of hydrogen-bond donors (Lipinski definition) is 0. The minimum atomic E-state index is 0.541. The van der Waals surface area contributed by atoms with Crippen molar-refractivity contribution in [3.63, 3.8) is 0 Å². The van der Waals surface area contributed by atoms with Gasteiger partial charge in [0.15, 0.2) is 0 Å². The van der Waals surface area contributed by atoms with Crippen LogP contribution in [0.25, 0.3) is 15.7 Å². The van der Waals surface area contributed by atoms with Crippen LogP contribution in [0.3, 0.4) is 0 Å². The Morgan fingerprint density at radius 1 is 1.40 bits per heavy atom. The zero-order valence-electron chi connectivity index (χ0n) is 8.70. The van der Waals surface area contributed by atoms with Crippen molar-refractivity contribution in [3.05, 3.63) is 53.0 Å². The number of rotatable bonds is 2. The highest BCUT2D eigenvalue weighted by atomic mass is 14.7. The summed E-state index contributed by atoms with van der Waals surface area (Å²) in [5.74, 6) is 0. The summed E-state index contributed by atoms with van der Waals surface area (Å²) in [5.41, 5.74) is 3.40. The highest BCUT2D eigenvalue weighted by Crippen LogP contribution is 2.17. The maximum atomic E-state index is 6.75. The van der Waals surface area contributed by atoms with Crippen LogP contribution in [-0.2, 0) is 6.42 Å². The molecule has 15 heavy (non-hydrogen) atoms. The molecule has 0 bridgehead atoms. The molecule has 0 aliphatic carbocycles. The molecule has 0 amide bonds. The van der Waals surface area contributed by atoms with E-state index in [0.29, 0.717) is 6.54 Å². The van der Waals surface area contributed by atoms with Crippen LogP contribution in [0.1, 0.15) is 11.1 Å². The number of pyridine rings is 1. The maximum absolute atomic E-state index is 6.75. The van der Waals surface area contributed by atoms with E-state index < -0.39 is 0 Å². The monoisotopic (exact) mass is 196 g/mol. The van der Waals surface area contributed by atoms with Crippen LogP contribution in [0.5, 0.6) is 0 Å². The number of fused-ring (bicyclic) bond motifs is 1. The molecule has 0 radical (unpaired) electrons. The molecular weight excluding hydrogens is 184 g/mol. The average molecular weight is 196 g/mol. The number of aromatic nitrogens is 1. The Morgan fingerprint density at radius 2 is 2.27 bits per heavy atom. The lowest BCUT2D eigenvalue weighted by Crippen LogP contribution is -1.91. The van der Waals surface area contributed by atoms with Gasteiger partial charge in [-0.1, -0.05) is 18.2 Å². The second-order valence-corrected chi connectivity index (χ2v) is 3.62. The van der Waals surface area contributed by atoms with E-state index in [0.717, 1.165) is 22.9 Å². The first-order valence-electron chi connectivity index (χ1n) is 4.99. The molecule has 74 valence electrons. The fraction of sp³-hybridized carbons (Fsp3) is 0.231. The van der Waals surface area contributed by atoms with Crippen LogP contribution in [0.2, 0.25) is 0 Å². The van der Waals surface area contributed by atoms with Gasteiger partial charge in [-0.25, -0.2) is 6.57 Å². The summed E-state index contributed by atoms with van der Waals surface area (Å²) in [6.07, 6.45) is 2.67. The lowest BCUT2D eigenvalue weighted by Gasteiger charge is -2.02. The van der Waals surface area contributed by atoms with Gasteiger partial charge in [-0.15, -0.1) is 0 Å². The van der Waals surface area contributed by atoms with Gasteiger partial charge in [0.2, 0.25) is 6.54 Å². The molecule has 2 rings (SSSR count). The van der Waals surface area contributed by atoms with Crippen LogP contribution in [0.4, 0.5) is 0 Å². The molecule has 1 aromatic carbocycles. The van der Waals surface area contributed by atoms with Gasteiger partial charge in [0.25, 0.3) is 0 Å². The summed E-state index contributed by atoms with van der Waals surface area (Å²) < 4.78 is 0. The highest BCUT2D eigenvalue weighted by molar-refractivity contribution is 5.81. The molecule has 0 unspecified atom stereocenters. The molecule has 2 heteroatoms. The Kier molecular flexibility index (Phi) is 2.64. The van der Waals surface area contributed by atoms with Crippen molar-refractivity contribution in [2.45, 2.75) is 13.3 Å². The fourth-order valence-corrected chi connectivity index (χ4v) is 1.68. The highest BCUT2D eigenvalue weighted by Gasteiger charge is 2.00. The minimum Gasteiger partial charge on any atom is -0.317 e. The van der Waals surface area contributed by atoms with E-state index in [1.165, 1.54) is 5.56 Å². The lowest BCUT2D eigenvalue weighted by atomic mass is 10.1. The first-order valence-corrected chi connectivity index (χ1v) is 4.99. The van der Waals surface area contributed by atoms with Crippen molar-refractivity contribution in [1.29, 1.82) is 0 Å². The Bertz CT molecular complexity index is 524. The summed E-state index contributed by atoms with van der Waals surface area (Å²) in [7, 11) is 0. The third kappa shape index (κ3) is 1.97. The summed E-state index contributed by atoms with van der Waals surface area (Å²) in [4.78, 5) is 7.78. The fourth-order valence-electron chi connectivity index (χ4n) is 1.68. The van der Waals surface area contributed by atoms with E-state index in [4.69, 9.17) is 6.57 Å². The number of para-hydroxylation sites is 1. The van der Waals surface area contributed by atoms with Gasteiger partial charge in [-0.3, -0.25) is 4.98 Å². The number of hydrogen-bond acceptors (Lipinski definition) is 1. The third-order valence-electron chi connectivity index (χ3n) is 2.48. The van der Waals surface area contributed by atoms with Crippen molar-refractivity contribution in [2.75, 3.05) is 6.54 Å². The van der Waals surface area contributed by atoms with E-state index in [1.807, 2.05) is 12.3 Å². The molecule has 0 N–H and O–H groups in total. The van der Waals surface area contributed by atoms with Crippen LogP contribution >= 0.6 is 0 Å². The minimum absolute atomic E-state index is 0.541. The van der Waals surface area contributed by atoms with Gasteiger partial charge in [-0.2, -0.15) is 0 Å². The Hall–Kier alpha value is -1.88. The molecular formula is C13H12N2. The number of benzene rings is 1. The van der Waals surface area contributed by atoms with E-state index >= 15 is 0 Å². The second-order valence-electron chi connectivity index (χ2n) is 3.62. The topological polar surface area (TPSA) is 17.2 Å².